The molecule has 2 aliphatic carbocycles. The van der Waals surface area contributed by atoms with Crippen LogP contribution in [0.3, 0.4) is 0 Å². The highest BCUT2D eigenvalue weighted by molar-refractivity contribution is 6.34. The zero-order chi connectivity index (χ0) is 18.7. The van der Waals surface area contributed by atoms with Crippen LogP contribution in [0.15, 0.2) is 18.2 Å². The van der Waals surface area contributed by atoms with Crippen molar-refractivity contribution in [2.45, 2.75) is 69.4 Å². The summed E-state index contributed by atoms with van der Waals surface area (Å²) in [5.74, 6) is -0.240. The van der Waals surface area contributed by atoms with Crippen LogP contribution in [0.5, 0.6) is 0 Å². The van der Waals surface area contributed by atoms with E-state index in [0.717, 1.165) is 25.7 Å². The fourth-order valence-electron chi connectivity index (χ4n) is 4.08. The van der Waals surface area contributed by atoms with Crippen LogP contribution in [-0.2, 0) is 4.79 Å². The number of hydrogen-bond acceptors (Lipinski definition) is 3. The summed E-state index contributed by atoms with van der Waals surface area (Å²) in [7, 11) is 1.85. The monoisotopic (exact) mass is 377 g/mol. The molecule has 6 heteroatoms. The second kappa shape index (κ2) is 7.97. The van der Waals surface area contributed by atoms with E-state index in [-0.39, 0.29) is 17.9 Å². The Kier molecular flexibility index (Phi) is 5.88. The molecular formula is C20H28ClN3O2. The number of carbonyl (C=O) groups excluding carboxylic acids is 2. The number of nitrogens with one attached hydrogen (secondary N) is 1. The summed E-state index contributed by atoms with van der Waals surface area (Å²) in [6.45, 7) is 0. The number of carbonyl (C=O) groups is 2. The van der Waals surface area contributed by atoms with Crippen molar-refractivity contribution in [3.63, 3.8) is 0 Å². The van der Waals surface area contributed by atoms with E-state index in [2.05, 4.69) is 5.32 Å². The van der Waals surface area contributed by atoms with Gasteiger partial charge in [0.25, 0.3) is 5.91 Å². The first kappa shape index (κ1) is 19.2. The van der Waals surface area contributed by atoms with E-state index < -0.39 is 5.54 Å². The lowest BCUT2D eigenvalue weighted by atomic mass is 9.94. The predicted molar refractivity (Wildman–Crippen MR) is 104 cm³/mol. The number of hydrogen-bond donors (Lipinski definition) is 2. The van der Waals surface area contributed by atoms with Crippen LogP contribution in [-0.4, -0.2) is 35.3 Å². The molecule has 0 aromatic heterocycles. The highest BCUT2D eigenvalue weighted by atomic mass is 35.5. The average Bonchev–Trinajstić information content (AvgIpc) is 3.09. The SMILES string of the molecule is CN(C(=O)c1ccc(NC(=O)C2(N)CCCC2)cc1Cl)C1CCCCC1. The van der Waals surface area contributed by atoms with Crippen molar-refractivity contribution in [1.29, 1.82) is 0 Å². The van der Waals surface area contributed by atoms with Crippen molar-refractivity contribution in [2.24, 2.45) is 5.73 Å². The van der Waals surface area contributed by atoms with Crippen molar-refractivity contribution in [1.82, 2.24) is 4.90 Å². The molecule has 1 aromatic rings. The van der Waals surface area contributed by atoms with E-state index in [1.165, 1.54) is 19.3 Å². The molecular weight excluding hydrogens is 350 g/mol. The minimum atomic E-state index is -0.790. The summed E-state index contributed by atoms with van der Waals surface area (Å²) >= 11 is 6.36. The average molecular weight is 378 g/mol. The van der Waals surface area contributed by atoms with Crippen LogP contribution < -0.4 is 11.1 Å². The lowest BCUT2D eigenvalue weighted by molar-refractivity contribution is -0.121. The van der Waals surface area contributed by atoms with Crippen molar-refractivity contribution < 1.29 is 9.59 Å². The Balaban J connectivity index is 1.68. The van der Waals surface area contributed by atoms with Gasteiger partial charge in [-0.2, -0.15) is 0 Å². The molecule has 1 aromatic carbocycles. The second-order valence-electron chi connectivity index (χ2n) is 7.72. The second-order valence-corrected chi connectivity index (χ2v) is 8.13. The van der Waals surface area contributed by atoms with Crippen LogP contribution >= 0.6 is 11.6 Å². The number of halogens is 1. The molecule has 0 spiro atoms. The van der Waals surface area contributed by atoms with Gasteiger partial charge in [0.2, 0.25) is 5.91 Å². The Morgan fingerprint density at radius 2 is 1.81 bits per heavy atom. The highest BCUT2D eigenvalue weighted by Gasteiger charge is 2.37. The zero-order valence-electron chi connectivity index (χ0n) is 15.4. The number of rotatable bonds is 4. The summed E-state index contributed by atoms with van der Waals surface area (Å²) in [6, 6.07) is 5.34. The van der Waals surface area contributed by atoms with Crippen LogP contribution in [0, 0.1) is 0 Å². The van der Waals surface area contributed by atoms with Crippen molar-refractivity contribution in [3.05, 3.63) is 28.8 Å². The fraction of sp³-hybridized carbons (Fsp3) is 0.600. The largest absolute Gasteiger partial charge is 0.339 e. The molecule has 0 aliphatic heterocycles. The van der Waals surface area contributed by atoms with Gasteiger partial charge in [-0.3, -0.25) is 9.59 Å². The first-order valence-electron chi connectivity index (χ1n) is 9.58. The summed E-state index contributed by atoms with van der Waals surface area (Å²) in [4.78, 5) is 27.0. The van der Waals surface area contributed by atoms with Crippen molar-refractivity contribution >= 4 is 29.1 Å². The third-order valence-corrected chi connectivity index (χ3v) is 6.16. The molecule has 3 N–H and O–H groups in total. The molecule has 0 bridgehead atoms. The summed E-state index contributed by atoms with van der Waals surface area (Å²) in [5.41, 5.74) is 6.44. The molecule has 3 rings (SSSR count). The molecule has 5 nitrogen and oxygen atoms in total. The smallest absolute Gasteiger partial charge is 0.255 e. The third kappa shape index (κ3) is 4.04. The van der Waals surface area contributed by atoms with Gasteiger partial charge in [0, 0.05) is 18.8 Å². The number of amides is 2. The number of anilines is 1. The van der Waals surface area contributed by atoms with Crippen molar-refractivity contribution in [2.75, 3.05) is 12.4 Å². The molecule has 2 amide bonds. The van der Waals surface area contributed by atoms with Gasteiger partial charge >= 0.3 is 0 Å². The number of benzene rings is 1. The molecule has 0 heterocycles. The van der Waals surface area contributed by atoms with E-state index in [0.29, 0.717) is 29.1 Å². The molecule has 2 fully saturated rings. The standard InChI is InChI=1S/C20H28ClN3O2/c1-24(15-7-3-2-4-8-15)18(25)16-10-9-14(13-17(16)21)23-19(26)20(22)11-5-6-12-20/h9-10,13,15H,2-8,11-12,22H2,1H3,(H,23,26). The molecule has 2 saturated carbocycles. The maximum atomic E-state index is 12.8. The van der Waals surface area contributed by atoms with Gasteiger partial charge in [-0.05, 0) is 43.9 Å². The molecule has 142 valence electrons. The maximum absolute atomic E-state index is 12.8. The van der Waals surface area contributed by atoms with Gasteiger partial charge in [0.1, 0.15) is 0 Å². The maximum Gasteiger partial charge on any atom is 0.255 e. The van der Waals surface area contributed by atoms with Crippen LogP contribution in [0.25, 0.3) is 0 Å². The Morgan fingerprint density at radius 3 is 2.42 bits per heavy atom. The minimum absolute atomic E-state index is 0.0640. The van der Waals surface area contributed by atoms with Gasteiger partial charge in [-0.15, -0.1) is 0 Å². The Morgan fingerprint density at radius 1 is 1.15 bits per heavy atom. The molecule has 0 saturated heterocycles. The Labute approximate surface area is 160 Å². The topological polar surface area (TPSA) is 75.4 Å². The van der Waals surface area contributed by atoms with Gasteiger partial charge in [0.05, 0.1) is 16.1 Å². The summed E-state index contributed by atoms with van der Waals surface area (Å²) in [5, 5.41) is 3.21. The van der Waals surface area contributed by atoms with Gasteiger partial charge in [-0.1, -0.05) is 43.7 Å². The number of nitrogens with two attached hydrogens (primary N) is 1. The Bertz CT molecular complexity index is 680. The summed E-state index contributed by atoms with van der Waals surface area (Å²) < 4.78 is 0. The van der Waals surface area contributed by atoms with Gasteiger partial charge < -0.3 is 16.0 Å². The van der Waals surface area contributed by atoms with Crippen LogP contribution in [0.1, 0.15) is 68.1 Å². The lowest BCUT2D eigenvalue weighted by Gasteiger charge is -2.31. The van der Waals surface area contributed by atoms with Crippen LogP contribution in [0.4, 0.5) is 5.69 Å². The quantitative estimate of drug-likeness (QED) is 0.833. The first-order valence-corrected chi connectivity index (χ1v) is 9.95. The molecule has 26 heavy (non-hydrogen) atoms. The Hall–Kier alpha value is -1.59. The van der Waals surface area contributed by atoms with E-state index in [9.17, 15) is 9.59 Å². The third-order valence-electron chi connectivity index (χ3n) is 5.85. The van der Waals surface area contributed by atoms with E-state index >= 15 is 0 Å². The van der Waals surface area contributed by atoms with Crippen LogP contribution in [0.2, 0.25) is 5.02 Å². The molecule has 2 aliphatic rings. The van der Waals surface area contributed by atoms with E-state index in [1.807, 2.05) is 11.9 Å². The van der Waals surface area contributed by atoms with Crippen molar-refractivity contribution in [3.8, 4) is 0 Å². The van der Waals surface area contributed by atoms with Gasteiger partial charge in [-0.25, -0.2) is 0 Å². The zero-order valence-corrected chi connectivity index (χ0v) is 16.1. The van der Waals surface area contributed by atoms with E-state index in [1.54, 1.807) is 18.2 Å². The normalized spacial score (nSPS) is 20.0. The summed E-state index contributed by atoms with van der Waals surface area (Å²) in [6.07, 6.45) is 9.04. The molecule has 0 unspecified atom stereocenters. The minimum Gasteiger partial charge on any atom is -0.339 e. The lowest BCUT2D eigenvalue weighted by Crippen LogP contribution is -2.48. The highest BCUT2D eigenvalue weighted by Crippen LogP contribution is 2.30. The fourth-order valence-corrected chi connectivity index (χ4v) is 4.34. The molecule has 0 atom stereocenters. The first-order chi connectivity index (χ1) is 12.4. The van der Waals surface area contributed by atoms with E-state index in [4.69, 9.17) is 17.3 Å². The molecule has 0 radical (unpaired) electrons. The predicted octanol–water partition coefficient (Wildman–Crippen LogP) is 3.95. The van der Waals surface area contributed by atoms with Gasteiger partial charge in [0.15, 0.2) is 0 Å². The number of nitrogens with zero attached hydrogens (tertiary/aromatic N) is 1.